The number of hydrogen-bond donors (Lipinski definition) is 1. The highest BCUT2D eigenvalue weighted by molar-refractivity contribution is 8.01. The zero-order valence-corrected chi connectivity index (χ0v) is 13.3. The van der Waals surface area contributed by atoms with E-state index in [0.29, 0.717) is 6.04 Å². The van der Waals surface area contributed by atoms with Crippen LogP contribution in [0.25, 0.3) is 0 Å². The zero-order chi connectivity index (χ0) is 13.7. The third-order valence-corrected chi connectivity index (χ3v) is 5.13. The maximum Gasteiger partial charge on any atom is 0.150 e. The van der Waals surface area contributed by atoms with Crippen molar-refractivity contribution in [3.8, 4) is 0 Å². The molecule has 0 spiro atoms. The van der Waals surface area contributed by atoms with Gasteiger partial charge in [0, 0.05) is 22.9 Å². The summed E-state index contributed by atoms with van der Waals surface area (Å²) in [5.41, 5.74) is 3.78. The first-order chi connectivity index (χ1) is 9.19. The topological polar surface area (TPSA) is 24.9 Å². The predicted octanol–water partition coefficient (Wildman–Crippen LogP) is 4.20. The number of aromatic nitrogens is 1. The molecule has 0 aliphatic heterocycles. The van der Waals surface area contributed by atoms with Gasteiger partial charge in [-0.3, -0.25) is 0 Å². The summed E-state index contributed by atoms with van der Waals surface area (Å²) in [4.78, 5) is 4.50. The molecule has 1 heterocycles. The van der Waals surface area contributed by atoms with Crippen molar-refractivity contribution in [2.24, 2.45) is 0 Å². The molecule has 0 saturated carbocycles. The molecule has 19 heavy (non-hydrogen) atoms. The van der Waals surface area contributed by atoms with Gasteiger partial charge in [-0.1, -0.05) is 48.5 Å². The van der Waals surface area contributed by atoms with Crippen LogP contribution in [-0.4, -0.2) is 17.3 Å². The Hall–Kier alpha value is -0.840. The maximum absolute atomic E-state index is 4.50. The highest BCUT2D eigenvalue weighted by Crippen LogP contribution is 2.27. The van der Waals surface area contributed by atoms with Gasteiger partial charge in [0.15, 0.2) is 0 Å². The molecule has 1 atom stereocenters. The number of benzene rings is 1. The Bertz CT molecular complexity index is 505. The Morgan fingerprint density at radius 3 is 2.58 bits per heavy atom. The molecule has 4 heteroatoms. The lowest BCUT2D eigenvalue weighted by atomic mass is 10.1. The first-order valence-electron chi connectivity index (χ1n) is 6.54. The Labute approximate surface area is 123 Å². The van der Waals surface area contributed by atoms with Gasteiger partial charge in [-0.2, -0.15) is 0 Å². The first kappa shape index (κ1) is 14.6. The van der Waals surface area contributed by atoms with Gasteiger partial charge < -0.3 is 5.32 Å². The van der Waals surface area contributed by atoms with Gasteiger partial charge in [-0.25, -0.2) is 4.98 Å². The summed E-state index contributed by atoms with van der Waals surface area (Å²) in [6.45, 7) is 7.30. The van der Waals surface area contributed by atoms with Crippen molar-refractivity contribution in [3.63, 3.8) is 0 Å². The van der Waals surface area contributed by atoms with Crippen LogP contribution in [0, 0.1) is 13.8 Å². The van der Waals surface area contributed by atoms with E-state index < -0.39 is 0 Å². The second-order valence-corrected chi connectivity index (χ2v) is 6.71. The summed E-state index contributed by atoms with van der Waals surface area (Å²) in [5.74, 6) is 1.02. The van der Waals surface area contributed by atoms with Crippen LogP contribution in [0.3, 0.4) is 0 Å². The Morgan fingerprint density at radius 2 is 2.00 bits per heavy atom. The molecule has 2 rings (SSSR count). The van der Waals surface area contributed by atoms with E-state index in [1.54, 1.807) is 11.3 Å². The lowest BCUT2D eigenvalue weighted by Gasteiger charge is -2.17. The van der Waals surface area contributed by atoms with Crippen LogP contribution in [0.15, 0.2) is 34.0 Å². The van der Waals surface area contributed by atoms with Crippen LogP contribution in [-0.2, 0) is 0 Å². The van der Waals surface area contributed by atoms with Crippen LogP contribution < -0.4 is 5.32 Å². The van der Waals surface area contributed by atoms with E-state index >= 15 is 0 Å². The van der Waals surface area contributed by atoms with Gasteiger partial charge in [-0.15, -0.1) is 11.3 Å². The summed E-state index contributed by atoms with van der Waals surface area (Å²) >= 11 is 3.56. The van der Waals surface area contributed by atoms with Crippen molar-refractivity contribution in [1.82, 2.24) is 10.3 Å². The number of thiazole rings is 1. The van der Waals surface area contributed by atoms with Gasteiger partial charge in [-0.05, 0) is 26.0 Å². The Balaban J connectivity index is 2.01. The third-order valence-electron chi connectivity index (χ3n) is 2.90. The molecule has 0 bridgehead atoms. The van der Waals surface area contributed by atoms with Crippen LogP contribution in [0.4, 0.5) is 0 Å². The third kappa shape index (κ3) is 4.34. The number of thioether (sulfide) groups is 1. The SMILES string of the molecule is CCNC(CSc1nc(C)cs1)c1ccc(C)cc1. The summed E-state index contributed by atoms with van der Waals surface area (Å²) in [5, 5.41) is 5.66. The Morgan fingerprint density at radius 1 is 1.26 bits per heavy atom. The molecule has 2 aromatic rings. The van der Waals surface area contributed by atoms with Gasteiger partial charge in [0.25, 0.3) is 0 Å². The number of rotatable bonds is 6. The summed E-state index contributed by atoms with van der Waals surface area (Å²) in [6, 6.07) is 9.18. The van der Waals surface area contributed by atoms with Crippen molar-refractivity contribution in [2.45, 2.75) is 31.2 Å². The standard InChI is InChI=1S/C15H20N2S2/c1-4-16-14(13-7-5-11(2)6-8-13)10-19-15-17-12(3)9-18-15/h5-9,14,16H,4,10H2,1-3H3. The number of nitrogens with one attached hydrogen (secondary N) is 1. The number of aryl methyl sites for hydroxylation is 2. The second kappa shape index (κ2) is 7.08. The van der Waals surface area contributed by atoms with E-state index in [1.165, 1.54) is 11.1 Å². The molecular weight excluding hydrogens is 272 g/mol. The van der Waals surface area contributed by atoms with Gasteiger partial charge in [0.2, 0.25) is 0 Å². The molecule has 0 aliphatic carbocycles. The molecule has 0 aliphatic rings. The molecular formula is C15H20N2S2. The van der Waals surface area contributed by atoms with Crippen LogP contribution >= 0.6 is 23.1 Å². The molecule has 1 aromatic heterocycles. The van der Waals surface area contributed by atoms with Crippen molar-refractivity contribution in [1.29, 1.82) is 0 Å². The minimum absolute atomic E-state index is 0.389. The van der Waals surface area contributed by atoms with Crippen molar-refractivity contribution >= 4 is 23.1 Å². The zero-order valence-electron chi connectivity index (χ0n) is 11.6. The maximum atomic E-state index is 4.50. The molecule has 2 nitrogen and oxygen atoms in total. The summed E-state index contributed by atoms with van der Waals surface area (Å²) < 4.78 is 1.16. The molecule has 1 unspecified atom stereocenters. The van der Waals surface area contributed by atoms with Gasteiger partial charge in [0.05, 0.1) is 0 Å². The quantitative estimate of drug-likeness (QED) is 0.808. The molecule has 0 amide bonds. The second-order valence-electron chi connectivity index (χ2n) is 4.59. The van der Waals surface area contributed by atoms with Gasteiger partial charge in [0.1, 0.15) is 4.34 Å². The van der Waals surface area contributed by atoms with E-state index in [0.717, 1.165) is 22.3 Å². The number of nitrogens with zero attached hydrogens (tertiary/aromatic N) is 1. The van der Waals surface area contributed by atoms with Crippen molar-refractivity contribution < 1.29 is 0 Å². The van der Waals surface area contributed by atoms with Gasteiger partial charge >= 0.3 is 0 Å². The largest absolute Gasteiger partial charge is 0.309 e. The van der Waals surface area contributed by atoms with E-state index in [9.17, 15) is 0 Å². The Kier molecular flexibility index (Phi) is 5.43. The molecule has 1 N–H and O–H groups in total. The summed E-state index contributed by atoms with van der Waals surface area (Å²) in [6.07, 6.45) is 0. The highest BCUT2D eigenvalue weighted by atomic mass is 32.2. The minimum atomic E-state index is 0.389. The van der Waals surface area contributed by atoms with Crippen LogP contribution in [0.2, 0.25) is 0 Å². The van der Waals surface area contributed by atoms with E-state index in [-0.39, 0.29) is 0 Å². The van der Waals surface area contributed by atoms with E-state index in [1.807, 2.05) is 18.7 Å². The molecule has 1 aromatic carbocycles. The van der Waals surface area contributed by atoms with E-state index in [2.05, 4.69) is 53.8 Å². The fourth-order valence-corrected chi connectivity index (χ4v) is 3.84. The van der Waals surface area contributed by atoms with Crippen molar-refractivity contribution in [2.75, 3.05) is 12.3 Å². The lowest BCUT2D eigenvalue weighted by Crippen LogP contribution is -2.22. The molecule has 0 radical (unpaired) electrons. The smallest absolute Gasteiger partial charge is 0.150 e. The average molecular weight is 292 g/mol. The van der Waals surface area contributed by atoms with Crippen molar-refractivity contribution in [3.05, 3.63) is 46.5 Å². The predicted molar refractivity (Wildman–Crippen MR) is 85.2 cm³/mol. The minimum Gasteiger partial charge on any atom is -0.309 e. The fourth-order valence-electron chi connectivity index (χ4n) is 1.87. The molecule has 0 fully saturated rings. The average Bonchev–Trinajstić information content (AvgIpc) is 2.81. The van der Waals surface area contributed by atoms with Crippen LogP contribution in [0.5, 0.6) is 0 Å². The fraction of sp³-hybridized carbons (Fsp3) is 0.400. The lowest BCUT2D eigenvalue weighted by molar-refractivity contribution is 0.606. The monoisotopic (exact) mass is 292 g/mol. The normalized spacial score (nSPS) is 12.6. The molecule has 102 valence electrons. The molecule has 0 saturated heterocycles. The first-order valence-corrected chi connectivity index (χ1v) is 8.40. The summed E-state index contributed by atoms with van der Waals surface area (Å²) in [7, 11) is 0. The number of hydrogen-bond acceptors (Lipinski definition) is 4. The highest BCUT2D eigenvalue weighted by Gasteiger charge is 2.11. The van der Waals surface area contributed by atoms with E-state index in [4.69, 9.17) is 0 Å². The van der Waals surface area contributed by atoms with Crippen LogP contribution in [0.1, 0.15) is 29.8 Å².